The minimum Gasteiger partial charge on any atom is -0.478 e. The smallest absolute Gasteiger partial charge is 0.335 e. The largest absolute Gasteiger partial charge is 0.478 e. The highest BCUT2D eigenvalue weighted by Gasteiger charge is 2.22. The Morgan fingerprint density at radius 2 is 1.77 bits per heavy atom. The average molecular weight is 419 g/mol. The molecule has 0 aliphatic heterocycles. The van der Waals surface area contributed by atoms with Gasteiger partial charge in [-0.1, -0.05) is 71.4 Å². The van der Waals surface area contributed by atoms with Gasteiger partial charge in [-0.15, -0.1) is 0 Å². The van der Waals surface area contributed by atoms with Crippen molar-refractivity contribution >= 4 is 23.3 Å². The first-order valence-corrected chi connectivity index (χ1v) is 9.79. The predicted molar refractivity (Wildman–Crippen MR) is 118 cm³/mol. The number of rotatable bonds is 6. The average Bonchev–Trinajstić information content (AvgIpc) is 3.16. The van der Waals surface area contributed by atoms with Gasteiger partial charge in [-0.3, -0.25) is 0 Å². The summed E-state index contributed by atoms with van der Waals surface area (Å²) in [4.78, 5) is 11.1. The number of hydrogen-bond donors (Lipinski definition) is 2. The third-order valence-electron chi connectivity index (χ3n) is 4.86. The van der Waals surface area contributed by atoms with Crippen molar-refractivity contribution in [1.29, 1.82) is 0 Å². The molecule has 0 fully saturated rings. The first kappa shape index (κ1) is 19.7. The lowest BCUT2D eigenvalue weighted by molar-refractivity contribution is 0.0697. The van der Waals surface area contributed by atoms with Crippen molar-refractivity contribution < 1.29 is 14.4 Å². The third-order valence-corrected chi connectivity index (χ3v) is 5.17. The molecular formula is C24H19ClN2O3. The van der Waals surface area contributed by atoms with Gasteiger partial charge in [0.25, 0.3) is 0 Å². The number of hydrogen-bond acceptors (Lipinski definition) is 4. The number of benzene rings is 3. The SMILES string of the molecule is Cc1cccc(Cl)c1-c1noc(-c2ccccc2)c1NCc1ccc(C(=O)O)cc1. The first-order valence-electron chi connectivity index (χ1n) is 9.41. The number of aromatic nitrogens is 1. The fourth-order valence-corrected chi connectivity index (χ4v) is 3.61. The summed E-state index contributed by atoms with van der Waals surface area (Å²) in [6.07, 6.45) is 0. The van der Waals surface area contributed by atoms with E-state index < -0.39 is 5.97 Å². The molecule has 0 radical (unpaired) electrons. The summed E-state index contributed by atoms with van der Waals surface area (Å²) in [5.74, 6) is -0.330. The number of aryl methyl sites for hydroxylation is 1. The summed E-state index contributed by atoms with van der Waals surface area (Å²) in [7, 11) is 0. The maximum atomic E-state index is 11.1. The van der Waals surface area contributed by atoms with Crippen LogP contribution in [0.3, 0.4) is 0 Å². The van der Waals surface area contributed by atoms with E-state index in [4.69, 9.17) is 21.2 Å². The molecule has 4 aromatic rings. The minimum absolute atomic E-state index is 0.251. The molecule has 4 rings (SSSR count). The number of carboxylic acids is 1. The van der Waals surface area contributed by atoms with Crippen LogP contribution in [0.15, 0.2) is 77.3 Å². The molecule has 0 saturated heterocycles. The van der Waals surface area contributed by atoms with Crippen LogP contribution in [0.5, 0.6) is 0 Å². The lowest BCUT2D eigenvalue weighted by Crippen LogP contribution is -2.03. The van der Waals surface area contributed by atoms with E-state index in [0.29, 0.717) is 23.0 Å². The van der Waals surface area contributed by atoms with Crippen molar-refractivity contribution in [2.24, 2.45) is 0 Å². The molecule has 0 unspecified atom stereocenters. The van der Waals surface area contributed by atoms with E-state index >= 15 is 0 Å². The maximum Gasteiger partial charge on any atom is 0.335 e. The summed E-state index contributed by atoms with van der Waals surface area (Å²) >= 11 is 6.49. The quantitative estimate of drug-likeness (QED) is 0.385. The van der Waals surface area contributed by atoms with Crippen molar-refractivity contribution in [3.05, 3.63) is 94.5 Å². The Bertz CT molecular complexity index is 1160. The molecule has 6 heteroatoms. The van der Waals surface area contributed by atoms with Gasteiger partial charge < -0.3 is 14.9 Å². The van der Waals surface area contributed by atoms with Crippen LogP contribution in [0.25, 0.3) is 22.6 Å². The summed E-state index contributed by atoms with van der Waals surface area (Å²) in [6.45, 7) is 2.45. The van der Waals surface area contributed by atoms with Crippen molar-refractivity contribution in [3.8, 4) is 22.6 Å². The van der Waals surface area contributed by atoms with Crippen LogP contribution in [0.2, 0.25) is 5.02 Å². The number of nitrogens with one attached hydrogen (secondary N) is 1. The molecule has 2 N–H and O–H groups in total. The number of nitrogens with zero attached hydrogens (tertiary/aromatic N) is 1. The van der Waals surface area contributed by atoms with Crippen LogP contribution < -0.4 is 5.32 Å². The van der Waals surface area contributed by atoms with E-state index in [1.807, 2.05) is 55.5 Å². The second-order valence-electron chi connectivity index (χ2n) is 6.89. The zero-order valence-electron chi connectivity index (χ0n) is 16.2. The lowest BCUT2D eigenvalue weighted by atomic mass is 10.0. The van der Waals surface area contributed by atoms with Gasteiger partial charge in [0.05, 0.1) is 10.6 Å². The molecule has 150 valence electrons. The van der Waals surface area contributed by atoms with Gasteiger partial charge in [-0.2, -0.15) is 0 Å². The molecule has 0 aliphatic rings. The van der Waals surface area contributed by atoms with Gasteiger partial charge in [0.15, 0.2) is 5.76 Å². The molecule has 5 nitrogen and oxygen atoms in total. The molecule has 0 spiro atoms. The maximum absolute atomic E-state index is 11.1. The van der Waals surface area contributed by atoms with Crippen molar-refractivity contribution in [2.45, 2.75) is 13.5 Å². The molecular weight excluding hydrogens is 400 g/mol. The summed E-state index contributed by atoms with van der Waals surface area (Å²) < 4.78 is 5.74. The van der Waals surface area contributed by atoms with Gasteiger partial charge in [-0.25, -0.2) is 4.79 Å². The van der Waals surface area contributed by atoms with Crippen LogP contribution in [-0.2, 0) is 6.54 Å². The van der Waals surface area contributed by atoms with Crippen molar-refractivity contribution in [3.63, 3.8) is 0 Å². The molecule has 1 aromatic heterocycles. The Balaban J connectivity index is 1.74. The fourth-order valence-electron chi connectivity index (χ4n) is 3.30. The zero-order chi connectivity index (χ0) is 21.1. The highest BCUT2D eigenvalue weighted by atomic mass is 35.5. The zero-order valence-corrected chi connectivity index (χ0v) is 17.0. The van der Waals surface area contributed by atoms with Gasteiger partial charge in [0, 0.05) is 17.7 Å². The fraction of sp³-hybridized carbons (Fsp3) is 0.0833. The Kier molecular flexibility index (Phi) is 5.55. The van der Waals surface area contributed by atoms with Crippen LogP contribution >= 0.6 is 11.6 Å². The molecule has 0 saturated carbocycles. The van der Waals surface area contributed by atoms with E-state index in [1.54, 1.807) is 24.3 Å². The van der Waals surface area contributed by atoms with Gasteiger partial charge in [0.2, 0.25) is 0 Å². The van der Waals surface area contributed by atoms with Crippen LogP contribution in [0.4, 0.5) is 5.69 Å². The predicted octanol–water partition coefficient (Wildman–Crippen LogP) is 6.28. The standard InChI is InChI=1S/C24H19ClN2O3/c1-15-6-5-9-19(25)20(15)21-22(23(30-27-21)17-7-3-2-4-8-17)26-14-16-10-12-18(13-11-16)24(28)29/h2-13,26H,14H2,1H3,(H,28,29). The first-order chi connectivity index (χ1) is 14.5. The normalized spacial score (nSPS) is 10.7. The minimum atomic E-state index is -0.948. The Labute approximate surface area is 178 Å². The molecule has 3 aromatic carbocycles. The number of aromatic carboxylic acids is 1. The second kappa shape index (κ2) is 8.43. The Hall–Kier alpha value is -3.57. The summed E-state index contributed by atoms with van der Waals surface area (Å²) in [5.41, 5.74) is 5.25. The third kappa shape index (κ3) is 3.93. The second-order valence-corrected chi connectivity index (χ2v) is 7.30. The Morgan fingerprint density at radius 3 is 2.43 bits per heavy atom. The van der Waals surface area contributed by atoms with E-state index in [1.165, 1.54) is 0 Å². The van der Waals surface area contributed by atoms with Crippen LogP contribution in [-0.4, -0.2) is 16.2 Å². The van der Waals surface area contributed by atoms with Crippen LogP contribution in [0.1, 0.15) is 21.5 Å². The molecule has 1 heterocycles. The van der Waals surface area contributed by atoms with E-state index in [9.17, 15) is 4.79 Å². The van der Waals surface area contributed by atoms with Crippen LogP contribution in [0, 0.1) is 6.92 Å². The summed E-state index contributed by atoms with van der Waals surface area (Å²) in [6, 6.07) is 22.2. The number of halogens is 1. The molecule has 0 amide bonds. The van der Waals surface area contributed by atoms with E-state index in [0.717, 1.165) is 27.9 Å². The van der Waals surface area contributed by atoms with Crippen molar-refractivity contribution in [1.82, 2.24) is 5.16 Å². The summed E-state index contributed by atoms with van der Waals surface area (Å²) in [5, 5.41) is 17.4. The highest BCUT2D eigenvalue weighted by molar-refractivity contribution is 6.33. The number of carboxylic acid groups (broad SMARTS) is 1. The topological polar surface area (TPSA) is 75.4 Å². The number of carbonyl (C=O) groups is 1. The molecule has 0 atom stereocenters. The molecule has 0 aliphatic carbocycles. The van der Waals surface area contributed by atoms with E-state index in [2.05, 4.69) is 10.5 Å². The lowest BCUT2D eigenvalue weighted by Gasteiger charge is -2.11. The molecule has 0 bridgehead atoms. The van der Waals surface area contributed by atoms with Gasteiger partial charge in [-0.05, 0) is 36.2 Å². The van der Waals surface area contributed by atoms with Gasteiger partial charge >= 0.3 is 5.97 Å². The highest BCUT2D eigenvalue weighted by Crippen LogP contribution is 2.41. The van der Waals surface area contributed by atoms with E-state index in [-0.39, 0.29) is 5.56 Å². The monoisotopic (exact) mass is 418 g/mol. The Morgan fingerprint density at radius 1 is 1.03 bits per heavy atom. The van der Waals surface area contributed by atoms with Gasteiger partial charge in [0.1, 0.15) is 11.4 Å². The van der Waals surface area contributed by atoms with Crippen molar-refractivity contribution in [2.75, 3.05) is 5.32 Å². The number of anilines is 1. The molecule has 30 heavy (non-hydrogen) atoms.